The number of carbonyl (C=O) groups excluding carboxylic acids is 1. The summed E-state index contributed by atoms with van der Waals surface area (Å²) in [4.78, 5) is 22.8. The van der Waals surface area contributed by atoms with Gasteiger partial charge in [0.15, 0.2) is 5.89 Å². The second-order valence-corrected chi connectivity index (χ2v) is 7.72. The fourth-order valence-electron chi connectivity index (χ4n) is 3.90. The first-order valence-electron chi connectivity index (χ1n) is 10.1. The minimum atomic E-state index is 0.118. The number of rotatable bonds is 5. The fraction of sp³-hybridized carbons (Fsp3) is 0.348. The van der Waals surface area contributed by atoms with Crippen molar-refractivity contribution >= 4 is 22.6 Å². The molecule has 0 radical (unpaired) electrons. The lowest BCUT2D eigenvalue weighted by Crippen LogP contribution is -2.51. The van der Waals surface area contributed by atoms with Crippen molar-refractivity contribution in [2.75, 3.05) is 44.7 Å². The van der Waals surface area contributed by atoms with Gasteiger partial charge in [-0.2, -0.15) is 5.26 Å². The van der Waals surface area contributed by atoms with Gasteiger partial charge in [0.1, 0.15) is 6.07 Å². The molecule has 1 aromatic heterocycles. The van der Waals surface area contributed by atoms with E-state index in [4.69, 9.17) is 4.42 Å². The van der Waals surface area contributed by atoms with Gasteiger partial charge in [0.25, 0.3) is 0 Å². The van der Waals surface area contributed by atoms with E-state index in [-0.39, 0.29) is 5.91 Å². The minimum absolute atomic E-state index is 0.118. The van der Waals surface area contributed by atoms with E-state index in [1.807, 2.05) is 33.9 Å². The van der Waals surface area contributed by atoms with Crippen molar-refractivity contribution in [2.45, 2.75) is 13.5 Å². The van der Waals surface area contributed by atoms with Gasteiger partial charge in [-0.15, -0.1) is 0 Å². The van der Waals surface area contributed by atoms with Crippen molar-refractivity contribution in [2.24, 2.45) is 0 Å². The summed E-state index contributed by atoms with van der Waals surface area (Å²) in [5.41, 5.74) is 1.50. The molecule has 0 N–H and O–H groups in total. The maximum absolute atomic E-state index is 12.8. The summed E-state index contributed by atoms with van der Waals surface area (Å²) in [6, 6.07) is 16.8. The van der Waals surface area contributed by atoms with Crippen LogP contribution >= 0.6 is 0 Å². The third kappa shape index (κ3) is 4.29. The van der Waals surface area contributed by atoms with Gasteiger partial charge in [-0.25, -0.2) is 4.98 Å². The maximum Gasteiger partial charge on any atom is 0.236 e. The molecule has 7 nitrogen and oxygen atoms in total. The highest BCUT2D eigenvalue weighted by Crippen LogP contribution is 2.22. The average Bonchev–Trinajstić information content (AvgIpc) is 3.14. The molecule has 2 heterocycles. The summed E-state index contributed by atoms with van der Waals surface area (Å²) in [5, 5.41) is 11.6. The Hall–Kier alpha value is -3.37. The number of aryl methyl sites for hydroxylation is 1. The Bertz CT molecular complexity index is 1090. The van der Waals surface area contributed by atoms with Gasteiger partial charge in [-0.3, -0.25) is 9.69 Å². The number of benzene rings is 2. The van der Waals surface area contributed by atoms with Gasteiger partial charge in [0.2, 0.25) is 17.5 Å². The molecule has 0 bridgehead atoms. The monoisotopic (exact) mass is 403 g/mol. The van der Waals surface area contributed by atoms with Crippen LogP contribution in [0.1, 0.15) is 17.1 Å². The molecule has 4 rings (SSSR count). The predicted molar refractivity (Wildman–Crippen MR) is 115 cm³/mol. The summed E-state index contributed by atoms with van der Waals surface area (Å²) in [5.74, 6) is 1.11. The lowest BCUT2D eigenvalue weighted by Gasteiger charge is -2.35. The summed E-state index contributed by atoms with van der Waals surface area (Å²) in [6.45, 7) is 5.29. The Morgan fingerprint density at radius 1 is 1.17 bits per heavy atom. The Balaban J connectivity index is 1.31. The zero-order chi connectivity index (χ0) is 21.1. The SMILES string of the molecule is Cc1nc(C#N)c(N2CCN(C(=O)CN(C)Cc3ccc4ccccc4c3)CC2)o1. The molecule has 154 valence electrons. The van der Waals surface area contributed by atoms with E-state index in [1.165, 1.54) is 16.3 Å². The number of nitriles is 1. The molecule has 2 aromatic carbocycles. The zero-order valence-electron chi connectivity index (χ0n) is 17.3. The van der Waals surface area contributed by atoms with Gasteiger partial charge in [0, 0.05) is 39.6 Å². The van der Waals surface area contributed by atoms with Crippen molar-refractivity contribution in [1.82, 2.24) is 14.8 Å². The topological polar surface area (TPSA) is 76.6 Å². The van der Waals surface area contributed by atoms with Crippen LogP contribution in [0.3, 0.4) is 0 Å². The van der Waals surface area contributed by atoms with Crippen molar-refractivity contribution in [3.05, 3.63) is 59.6 Å². The first-order chi connectivity index (χ1) is 14.5. The number of carbonyl (C=O) groups is 1. The Labute approximate surface area is 176 Å². The van der Waals surface area contributed by atoms with Gasteiger partial charge in [0.05, 0.1) is 6.54 Å². The van der Waals surface area contributed by atoms with Crippen LogP contribution in [-0.2, 0) is 11.3 Å². The molecule has 0 saturated carbocycles. The van der Waals surface area contributed by atoms with Crippen LogP contribution in [0, 0.1) is 18.3 Å². The number of anilines is 1. The molecule has 1 aliphatic heterocycles. The third-order valence-corrected chi connectivity index (χ3v) is 5.41. The van der Waals surface area contributed by atoms with Crippen LogP contribution < -0.4 is 4.90 Å². The van der Waals surface area contributed by atoms with Crippen LogP contribution in [0.4, 0.5) is 5.88 Å². The van der Waals surface area contributed by atoms with Crippen molar-refractivity contribution in [1.29, 1.82) is 5.26 Å². The normalized spacial score (nSPS) is 14.3. The van der Waals surface area contributed by atoms with Gasteiger partial charge >= 0.3 is 0 Å². The van der Waals surface area contributed by atoms with Crippen molar-refractivity contribution in [3.8, 4) is 6.07 Å². The van der Waals surface area contributed by atoms with Crippen molar-refractivity contribution < 1.29 is 9.21 Å². The van der Waals surface area contributed by atoms with Gasteiger partial charge in [-0.05, 0) is 29.4 Å². The Morgan fingerprint density at radius 3 is 2.63 bits per heavy atom. The molecule has 30 heavy (non-hydrogen) atoms. The molecular formula is C23H25N5O2. The zero-order valence-corrected chi connectivity index (χ0v) is 17.3. The molecule has 1 aliphatic rings. The lowest BCUT2D eigenvalue weighted by atomic mass is 10.1. The highest BCUT2D eigenvalue weighted by molar-refractivity contribution is 5.83. The number of oxazole rings is 1. The molecule has 0 aliphatic carbocycles. The molecule has 7 heteroatoms. The van der Waals surface area contributed by atoms with E-state index in [0.29, 0.717) is 50.2 Å². The number of hydrogen-bond acceptors (Lipinski definition) is 6. The predicted octanol–water partition coefficient (Wildman–Crippen LogP) is 2.79. The summed E-state index contributed by atoms with van der Waals surface area (Å²) < 4.78 is 5.58. The number of piperazine rings is 1. The van der Waals surface area contributed by atoms with Crippen LogP contribution in [0.15, 0.2) is 46.9 Å². The fourth-order valence-corrected chi connectivity index (χ4v) is 3.90. The van der Waals surface area contributed by atoms with Crippen LogP contribution in [0.2, 0.25) is 0 Å². The van der Waals surface area contributed by atoms with Crippen LogP contribution in [0.5, 0.6) is 0 Å². The van der Waals surface area contributed by atoms with Crippen LogP contribution in [-0.4, -0.2) is 60.5 Å². The number of hydrogen-bond donors (Lipinski definition) is 0. The van der Waals surface area contributed by atoms with E-state index in [0.717, 1.165) is 6.54 Å². The molecule has 1 fully saturated rings. The lowest BCUT2D eigenvalue weighted by molar-refractivity contribution is -0.132. The second kappa shape index (κ2) is 8.56. The van der Waals surface area contributed by atoms with Crippen LogP contribution in [0.25, 0.3) is 10.8 Å². The number of likely N-dealkylation sites (N-methyl/N-ethyl adjacent to an activating group) is 1. The largest absolute Gasteiger partial charge is 0.424 e. The molecule has 1 saturated heterocycles. The molecule has 3 aromatic rings. The van der Waals surface area contributed by atoms with Gasteiger partial charge < -0.3 is 14.2 Å². The highest BCUT2D eigenvalue weighted by Gasteiger charge is 2.26. The van der Waals surface area contributed by atoms with E-state index in [2.05, 4.69) is 41.4 Å². The molecule has 0 unspecified atom stereocenters. The molecule has 0 atom stereocenters. The third-order valence-electron chi connectivity index (χ3n) is 5.41. The molecular weight excluding hydrogens is 378 g/mol. The smallest absolute Gasteiger partial charge is 0.236 e. The summed E-state index contributed by atoms with van der Waals surface area (Å²) >= 11 is 0. The van der Waals surface area contributed by atoms with E-state index >= 15 is 0 Å². The highest BCUT2D eigenvalue weighted by atomic mass is 16.4. The Kier molecular flexibility index (Phi) is 5.68. The molecule has 1 amide bonds. The number of aromatic nitrogens is 1. The quantitative estimate of drug-likeness (QED) is 0.652. The van der Waals surface area contributed by atoms with E-state index in [1.54, 1.807) is 6.92 Å². The van der Waals surface area contributed by atoms with E-state index < -0.39 is 0 Å². The summed E-state index contributed by atoms with van der Waals surface area (Å²) in [7, 11) is 1.97. The number of fused-ring (bicyclic) bond motifs is 1. The first kappa shape index (κ1) is 19.9. The second-order valence-electron chi connectivity index (χ2n) is 7.72. The number of amides is 1. The first-order valence-corrected chi connectivity index (χ1v) is 10.1. The maximum atomic E-state index is 12.8. The number of nitrogens with zero attached hydrogens (tertiary/aromatic N) is 5. The van der Waals surface area contributed by atoms with E-state index in [9.17, 15) is 10.1 Å². The summed E-state index contributed by atoms with van der Waals surface area (Å²) in [6.07, 6.45) is 0. The standard InChI is InChI=1S/C23H25N5O2/c1-17-25-21(14-24)23(30-17)28-11-9-27(10-12-28)22(29)16-26(2)15-18-7-8-19-5-3-4-6-20(19)13-18/h3-8,13H,9-12,15-16H2,1-2H3. The minimum Gasteiger partial charge on any atom is -0.424 e. The molecule has 0 spiro atoms. The van der Waals surface area contributed by atoms with Crippen molar-refractivity contribution in [3.63, 3.8) is 0 Å². The Morgan fingerprint density at radius 2 is 1.90 bits per heavy atom. The average molecular weight is 403 g/mol. The van der Waals surface area contributed by atoms with Gasteiger partial charge in [-0.1, -0.05) is 36.4 Å².